The molecule has 17 heavy (non-hydrogen) atoms. The van der Waals surface area contributed by atoms with Crippen molar-refractivity contribution in [2.24, 2.45) is 5.73 Å². The van der Waals surface area contributed by atoms with Gasteiger partial charge in [0.1, 0.15) is 5.54 Å². The van der Waals surface area contributed by atoms with Crippen LogP contribution >= 0.6 is 0 Å². The Bertz CT molecular complexity index is 431. The van der Waals surface area contributed by atoms with E-state index in [1.165, 1.54) is 6.92 Å². The Balaban J connectivity index is 2.96. The molecule has 1 aromatic rings. The highest BCUT2D eigenvalue weighted by Crippen LogP contribution is 2.12. The summed E-state index contributed by atoms with van der Waals surface area (Å²) in [5.74, 6) is -1.07. The van der Waals surface area contributed by atoms with Gasteiger partial charge in [-0.05, 0) is 24.9 Å². The lowest BCUT2D eigenvalue weighted by Crippen LogP contribution is -2.46. The van der Waals surface area contributed by atoms with E-state index in [-0.39, 0.29) is 6.42 Å². The predicted octanol–water partition coefficient (Wildman–Crippen LogP) is -0.981. The fraction of sp³-hybridized carbons (Fsp3) is 0.364. The Kier molecular flexibility index (Phi) is 3.92. The van der Waals surface area contributed by atoms with Crippen molar-refractivity contribution < 1.29 is 19.9 Å². The highest BCUT2D eigenvalue weighted by molar-refractivity contribution is 6.59. The van der Waals surface area contributed by atoms with Crippen molar-refractivity contribution in [2.45, 2.75) is 25.8 Å². The second-order valence-electron chi connectivity index (χ2n) is 4.46. The average molecular weight is 237 g/mol. The topological polar surface area (TPSA) is 104 Å². The van der Waals surface area contributed by atoms with Crippen LogP contribution in [-0.2, 0) is 11.2 Å². The summed E-state index contributed by atoms with van der Waals surface area (Å²) in [6, 6.07) is 4.92. The number of carboxylic acid groups (broad SMARTS) is 1. The van der Waals surface area contributed by atoms with E-state index in [1.807, 2.05) is 0 Å². The summed E-state index contributed by atoms with van der Waals surface area (Å²) in [5, 5.41) is 27.0. The molecule has 1 rings (SSSR count). The van der Waals surface area contributed by atoms with Gasteiger partial charge in [-0.3, -0.25) is 4.79 Å². The van der Waals surface area contributed by atoms with Crippen LogP contribution in [-0.4, -0.2) is 33.8 Å². The molecule has 5 N–H and O–H groups in total. The highest BCUT2D eigenvalue weighted by atomic mass is 16.4. The molecule has 0 amide bonds. The second-order valence-corrected chi connectivity index (χ2v) is 4.46. The molecule has 1 aromatic carbocycles. The number of carbonyl (C=O) groups is 1. The molecule has 0 spiro atoms. The molecule has 0 aliphatic rings. The van der Waals surface area contributed by atoms with Crippen molar-refractivity contribution >= 4 is 18.6 Å². The van der Waals surface area contributed by atoms with Gasteiger partial charge in [0.25, 0.3) is 0 Å². The van der Waals surface area contributed by atoms with Gasteiger partial charge in [-0.1, -0.05) is 23.8 Å². The molecule has 0 unspecified atom stereocenters. The Morgan fingerprint density at radius 2 is 2.06 bits per heavy atom. The molecule has 0 heterocycles. The monoisotopic (exact) mass is 237 g/mol. The Morgan fingerprint density at radius 3 is 2.47 bits per heavy atom. The maximum Gasteiger partial charge on any atom is 0.488 e. The number of hydrogen-bond donors (Lipinski definition) is 4. The summed E-state index contributed by atoms with van der Waals surface area (Å²) in [4.78, 5) is 10.9. The third-order valence-electron chi connectivity index (χ3n) is 2.67. The van der Waals surface area contributed by atoms with E-state index in [1.54, 1.807) is 25.1 Å². The molecule has 1 atom stereocenters. The number of nitrogens with two attached hydrogens (primary N) is 1. The maximum absolute atomic E-state index is 10.9. The van der Waals surface area contributed by atoms with Crippen LogP contribution in [0.3, 0.4) is 0 Å². The molecule has 0 aliphatic heterocycles. The molecule has 0 saturated carbocycles. The lowest BCUT2D eigenvalue weighted by atomic mass is 9.76. The normalized spacial score (nSPS) is 14.2. The lowest BCUT2D eigenvalue weighted by Gasteiger charge is -2.19. The summed E-state index contributed by atoms with van der Waals surface area (Å²) in [6.07, 6.45) is 0.185. The molecule has 0 aromatic heterocycles. The quantitative estimate of drug-likeness (QED) is 0.504. The van der Waals surface area contributed by atoms with E-state index >= 15 is 0 Å². The first kappa shape index (κ1) is 13.7. The zero-order valence-electron chi connectivity index (χ0n) is 9.84. The molecule has 0 bridgehead atoms. The highest BCUT2D eigenvalue weighted by Gasteiger charge is 2.28. The lowest BCUT2D eigenvalue weighted by molar-refractivity contribution is -0.142. The molecular weight excluding hydrogens is 221 g/mol. The van der Waals surface area contributed by atoms with Crippen LogP contribution in [0.1, 0.15) is 18.1 Å². The molecule has 0 radical (unpaired) electrons. The van der Waals surface area contributed by atoms with E-state index in [0.29, 0.717) is 11.0 Å². The van der Waals surface area contributed by atoms with Crippen molar-refractivity contribution in [3.63, 3.8) is 0 Å². The first-order valence-electron chi connectivity index (χ1n) is 5.22. The van der Waals surface area contributed by atoms with Crippen molar-refractivity contribution in [3.05, 3.63) is 29.3 Å². The van der Waals surface area contributed by atoms with Gasteiger partial charge >= 0.3 is 13.1 Å². The molecule has 6 heteroatoms. The molecular formula is C11H16BNO4. The first-order valence-corrected chi connectivity index (χ1v) is 5.22. The Hall–Kier alpha value is -1.37. The molecule has 0 fully saturated rings. The largest absolute Gasteiger partial charge is 0.488 e. The third kappa shape index (κ3) is 3.29. The van der Waals surface area contributed by atoms with Gasteiger partial charge in [-0.2, -0.15) is 0 Å². The van der Waals surface area contributed by atoms with Gasteiger partial charge in [-0.15, -0.1) is 0 Å². The summed E-state index contributed by atoms with van der Waals surface area (Å²) in [5.41, 5.74) is 6.16. The maximum atomic E-state index is 10.9. The van der Waals surface area contributed by atoms with Crippen LogP contribution in [0.5, 0.6) is 0 Å². The van der Waals surface area contributed by atoms with Crippen LogP contribution in [0.15, 0.2) is 18.2 Å². The fourth-order valence-corrected chi connectivity index (χ4v) is 1.64. The van der Waals surface area contributed by atoms with Crippen LogP contribution in [0.25, 0.3) is 0 Å². The van der Waals surface area contributed by atoms with Gasteiger partial charge < -0.3 is 20.9 Å². The van der Waals surface area contributed by atoms with Crippen molar-refractivity contribution in [1.82, 2.24) is 0 Å². The first-order chi connectivity index (χ1) is 7.74. The van der Waals surface area contributed by atoms with Crippen LogP contribution in [0.4, 0.5) is 0 Å². The van der Waals surface area contributed by atoms with Gasteiger partial charge in [0, 0.05) is 6.42 Å². The fourth-order valence-electron chi connectivity index (χ4n) is 1.64. The van der Waals surface area contributed by atoms with Gasteiger partial charge in [0.2, 0.25) is 0 Å². The van der Waals surface area contributed by atoms with Crippen molar-refractivity contribution in [2.75, 3.05) is 0 Å². The second kappa shape index (κ2) is 4.87. The van der Waals surface area contributed by atoms with Gasteiger partial charge in [-0.25, -0.2) is 0 Å². The van der Waals surface area contributed by atoms with E-state index in [9.17, 15) is 4.79 Å². The summed E-state index contributed by atoms with van der Waals surface area (Å²) in [6.45, 7) is 3.17. The van der Waals surface area contributed by atoms with Crippen molar-refractivity contribution in [3.8, 4) is 0 Å². The summed E-state index contributed by atoms with van der Waals surface area (Å²) < 4.78 is 0. The molecule has 0 saturated heterocycles. The van der Waals surface area contributed by atoms with Crippen molar-refractivity contribution in [1.29, 1.82) is 0 Å². The minimum absolute atomic E-state index is 0.185. The summed E-state index contributed by atoms with van der Waals surface area (Å²) in [7, 11) is -1.52. The van der Waals surface area contributed by atoms with Crippen LogP contribution in [0.2, 0.25) is 0 Å². The molecule has 92 valence electrons. The van der Waals surface area contributed by atoms with E-state index < -0.39 is 18.6 Å². The van der Waals surface area contributed by atoms with Crippen LogP contribution < -0.4 is 11.2 Å². The standard InChI is InChI=1S/C11H16BNO4/c1-7-5-8(3-4-9(7)12(16)17)6-11(2,13)10(14)15/h3-5,16-17H,6,13H2,1-2H3,(H,14,15)/t11-/m1/s1. The molecule has 5 nitrogen and oxygen atoms in total. The third-order valence-corrected chi connectivity index (χ3v) is 2.67. The minimum atomic E-state index is -1.52. The number of aliphatic carboxylic acids is 1. The number of hydrogen-bond acceptors (Lipinski definition) is 4. The zero-order chi connectivity index (χ0) is 13.2. The molecule has 0 aliphatic carbocycles. The average Bonchev–Trinajstić information content (AvgIpc) is 2.15. The SMILES string of the molecule is Cc1cc(C[C@@](C)(N)C(=O)O)ccc1B(O)O. The minimum Gasteiger partial charge on any atom is -0.480 e. The van der Waals surface area contributed by atoms with E-state index in [2.05, 4.69) is 0 Å². The number of carboxylic acids is 1. The summed E-state index contributed by atoms with van der Waals surface area (Å²) >= 11 is 0. The van der Waals surface area contributed by atoms with Crippen LogP contribution in [0, 0.1) is 6.92 Å². The van der Waals surface area contributed by atoms with E-state index in [4.69, 9.17) is 20.9 Å². The number of benzene rings is 1. The predicted molar refractivity (Wildman–Crippen MR) is 64.9 cm³/mol. The number of aryl methyl sites for hydroxylation is 1. The van der Waals surface area contributed by atoms with Gasteiger partial charge in [0.05, 0.1) is 0 Å². The Labute approximate surface area is 100 Å². The van der Waals surface area contributed by atoms with E-state index in [0.717, 1.165) is 5.56 Å². The Morgan fingerprint density at radius 1 is 1.47 bits per heavy atom. The smallest absolute Gasteiger partial charge is 0.480 e. The number of rotatable bonds is 4. The zero-order valence-corrected chi connectivity index (χ0v) is 9.84. The van der Waals surface area contributed by atoms with Gasteiger partial charge in [0.15, 0.2) is 0 Å².